The molecular weight excluding hydrogens is 366 g/mol. The first-order valence-corrected chi connectivity index (χ1v) is 8.63. The molecule has 0 N–H and O–H groups in total. The van der Waals surface area contributed by atoms with Gasteiger partial charge in [0.05, 0.1) is 17.6 Å². The van der Waals surface area contributed by atoms with Crippen LogP contribution in [0.4, 0.5) is 5.69 Å². The predicted octanol–water partition coefficient (Wildman–Crippen LogP) is 4.93. The molecule has 1 heterocycles. The quantitative estimate of drug-likeness (QED) is 0.704. The number of hydrogen-bond acceptors (Lipinski definition) is 2. The fraction of sp³-hybridized carbons (Fsp3) is 0.200. The van der Waals surface area contributed by atoms with Crippen LogP contribution in [0, 0.1) is 5.92 Å². The highest BCUT2D eigenvalue weighted by molar-refractivity contribution is 9.10. The highest BCUT2D eigenvalue weighted by atomic mass is 79.9. The van der Waals surface area contributed by atoms with Gasteiger partial charge in [-0.05, 0) is 36.2 Å². The van der Waals surface area contributed by atoms with Gasteiger partial charge in [-0.3, -0.25) is 9.59 Å². The summed E-state index contributed by atoms with van der Waals surface area (Å²) in [5.74, 6) is -0.349. The Morgan fingerprint density at radius 2 is 2.00 bits per heavy atom. The molecule has 0 spiro atoms. The van der Waals surface area contributed by atoms with Crippen molar-refractivity contribution in [3.05, 3.63) is 76.8 Å². The zero-order valence-electron chi connectivity index (χ0n) is 13.4. The van der Waals surface area contributed by atoms with Crippen LogP contribution in [0.3, 0.4) is 0 Å². The maximum absolute atomic E-state index is 13.0. The summed E-state index contributed by atoms with van der Waals surface area (Å²) in [5, 5.41) is 0. The molecule has 0 saturated heterocycles. The van der Waals surface area contributed by atoms with E-state index in [9.17, 15) is 9.59 Å². The van der Waals surface area contributed by atoms with Gasteiger partial charge < -0.3 is 4.90 Å². The lowest BCUT2D eigenvalue weighted by Crippen LogP contribution is -2.44. The number of allylic oxidation sites excluding steroid dienone is 1. The second-order valence-corrected chi connectivity index (χ2v) is 6.82. The molecule has 0 saturated carbocycles. The molecule has 2 atom stereocenters. The number of rotatable bonds is 3. The molecule has 0 fully saturated rings. The molecule has 0 aromatic heterocycles. The number of amides is 1. The van der Waals surface area contributed by atoms with Crippen LogP contribution in [0.2, 0.25) is 0 Å². The van der Waals surface area contributed by atoms with E-state index in [0.717, 1.165) is 10.0 Å². The summed E-state index contributed by atoms with van der Waals surface area (Å²) >= 11 is 3.48. The molecule has 3 rings (SSSR count). The number of hydrogen-bond donors (Lipinski definition) is 0. The molecule has 1 aliphatic heterocycles. The first-order chi connectivity index (χ1) is 11.5. The highest BCUT2D eigenvalue weighted by Crippen LogP contribution is 2.43. The van der Waals surface area contributed by atoms with E-state index < -0.39 is 0 Å². The fourth-order valence-corrected chi connectivity index (χ4v) is 3.83. The average molecular weight is 384 g/mol. The van der Waals surface area contributed by atoms with Crippen molar-refractivity contribution in [3.63, 3.8) is 0 Å². The summed E-state index contributed by atoms with van der Waals surface area (Å²) in [4.78, 5) is 27.3. The standard InChI is InChI=1S/C20H18BrNO2/c1-3-7-17-19(14-8-6-9-15(21)12-14)22(13(2)23)18-11-5-4-10-16(18)20(17)24/h3-6,8-12,17,19H,1,7H2,2H3. The number of Topliss-reactive ketones (excluding diaryl/α,β-unsaturated/α-hetero) is 1. The summed E-state index contributed by atoms with van der Waals surface area (Å²) in [6, 6.07) is 14.8. The van der Waals surface area contributed by atoms with E-state index in [1.807, 2.05) is 42.5 Å². The van der Waals surface area contributed by atoms with Gasteiger partial charge in [0.25, 0.3) is 0 Å². The third kappa shape index (κ3) is 2.82. The van der Waals surface area contributed by atoms with Crippen molar-refractivity contribution >= 4 is 33.3 Å². The molecule has 122 valence electrons. The number of ketones is 1. The van der Waals surface area contributed by atoms with E-state index in [2.05, 4.69) is 22.5 Å². The number of fused-ring (bicyclic) bond motifs is 1. The second-order valence-electron chi connectivity index (χ2n) is 5.90. The Morgan fingerprint density at radius 3 is 2.67 bits per heavy atom. The van der Waals surface area contributed by atoms with Crippen molar-refractivity contribution in [2.45, 2.75) is 19.4 Å². The van der Waals surface area contributed by atoms with Crippen LogP contribution in [0.5, 0.6) is 0 Å². The molecular formula is C20H18BrNO2. The summed E-state index contributed by atoms with van der Waals surface area (Å²) in [7, 11) is 0. The van der Waals surface area contributed by atoms with Gasteiger partial charge in [0.2, 0.25) is 5.91 Å². The molecule has 1 amide bonds. The Kier molecular flexibility index (Phi) is 4.67. The van der Waals surface area contributed by atoms with Crippen LogP contribution in [0.1, 0.15) is 35.3 Å². The minimum Gasteiger partial charge on any atom is -0.304 e. The monoisotopic (exact) mass is 383 g/mol. The van der Waals surface area contributed by atoms with Crippen molar-refractivity contribution in [1.29, 1.82) is 0 Å². The number of para-hydroxylation sites is 1. The molecule has 24 heavy (non-hydrogen) atoms. The summed E-state index contributed by atoms with van der Waals surface area (Å²) < 4.78 is 0.923. The van der Waals surface area contributed by atoms with Crippen LogP contribution in [-0.4, -0.2) is 11.7 Å². The van der Waals surface area contributed by atoms with E-state index in [1.165, 1.54) is 0 Å². The Morgan fingerprint density at radius 1 is 1.25 bits per heavy atom. The molecule has 2 aromatic rings. The number of carbonyl (C=O) groups excluding carboxylic acids is 2. The number of nitrogens with zero attached hydrogens (tertiary/aromatic N) is 1. The zero-order chi connectivity index (χ0) is 17.3. The lowest BCUT2D eigenvalue weighted by Gasteiger charge is -2.41. The topological polar surface area (TPSA) is 37.4 Å². The number of benzene rings is 2. The van der Waals surface area contributed by atoms with Gasteiger partial charge in [0.15, 0.2) is 5.78 Å². The number of anilines is 1. The minimum absolute atomic E-state index is 0.0629. The average Bonchev–Trinajstić information content (AvgIpc) is 2.57. The van der Waals surface area contributed by atoms with Crippen LogP contribution in [0.25, 0.3) is 0 Å². The van der Waals surface area contributed by atoms with Crippen molar-refractivity contribution in [2.24, 2.45) is 5.92 Å². The van der Waals surface area contributed by atoms with E-state index in [0.29, 0.717) is 17.7 Å². The van der Waals surface area contributed by atoms with Crippen molar-refractivity contribution in [2.75, 3.05) is 4.90 Å². The maximum atomic E-state index is 13.0. The second kappa shape index (κ2) is 6.73. The molecule has 2 aromatic carbocycles. The predicted molar refractivity (Wildman–Crippen MR) is 99.1 cm³/mol. The van der Waals surface area contributed by atoms with Gasteiger partial charge in [-0.1, -0.05) is 46.3 Å². The Balaban J connectivity index is 2.24. The smallest absolute Gasteiger partial charge is 0.224 e. The van der Waals surface area contributed by atoms with Crippen LogP contribution in [0.15, 0.2) is 65.7 Å². The minimum atomic E-state index is -0.337. The first-order valence-electron chi connectivity index (χ1n) is 7.84. The highest BCUT2D eigenvalue weighted by Gasteiger charge is 2.42. The van der Waals surface area contributed by atoms with Crippen LogP contribution in [-0.2, 0) is 4.79 Å². The van der Waals surface area contributed by atoms with Gasteiger partial charge >= 0.3 is 0 Å². The summed E-state index contributed by atoms with van der Waals surface area (Å²) in [6.45, 7) is 5.34. The molecule has 1 aliphatic rings. The number of halogens is 1. The lowest BCUT2D eigenvalue weighted by molar-refractivity contribution is -0.117. The summed E-state index contributed by atoms with van der Waals surface area (Å²) in [5.41, 5.74) is 2.22. The zero-order valence-corrected chi connectivity index (χ0v) is 15.0. The van der Waals surface area contributed by atoms with E-state index in [1.54, 1.807) is 24.0 Å². The molecule has 4 heteroatoms. The van der Waals surface area contributed by atoms with E-state index in [-0.39, 0.29) is 23.7 Å². The largest absolute Gasteiger partial charge is 0.304 e. The van der Waals surface area contributed by atoms with Crippen LogP contribution >= 0.6 is 15.9 Å². The van der Waals surface area contributed by atoms with Gasteiger partial charge in [0, 0.05) is 17.0 Å². The Labute approximate surface area is 150 Å². The van der Waals surface area contributed by atoms with Crippen LogP contribution < -0.4 is 4.90 Å². The third-order valence-corrected chi connectivity index (χ3v) is 4.87. The number of carbonyl (C=O) groups is 2. The molecule has 3 nitrogen and oxygen atoms in total. The molecule has 0 aliphatic carbocycles. The van der Waals surface area contributed by atoms with Gasteiger partial charge in [-0.15, -0.1) is 6.58 Å². The van der Waals surface area contributed by atoms with Crippen molar-refractivity contribution in [1.82, 2.24) is 0 Å². The first kappa shape index (κ1) is 16.7. The molecule has 2 unspecified atom stereocenters. The maximum Gasteiger partial charge on any atom is 0.224 e. The Hall–Kier alpha value is -2.20. The molecule has 0 bridgehead atoms. The van der Waals surface area contributed by atoms with E-state index in [4.69, 9.17) is 0 Å². The summed E-state index contributed by atoms with van der Waals surface area (Å²) in [6.07, 6.45) is 2.27. The van der Waals surface area contributed by atoms with Gasteiger partial charge in [-0.2, -0.15) is 0 Å². The Bertz CT molecular complexity index is 815. The van der Waals surface area contributed by atoms with Gasteiger partial charge in [0.1, 0.15) is 0 Å². The lowest BCUT2D eigenvalue weighted by atomic mass is 9.79. The molecule has 0 radical (unpaired) electrons. The fourth-order valence-electron chi connectivity index (χ4n) is 3.42. The van der Waals surface area contributed by atoms with E-state index >= 15 is 0 Å². The third-order valence-electron chi connectivity index (χ3n) is 4.38. The van der Waals surface area contributed by atoms with Crippen molar-refractivity contribution < 1.29 is 9.59 Å². The van der Waals surface area contributed by atoms with Gasteiger partial charge in [-0.25, -0.2) is 0 Å². The SMILES string of the molecule is C=CCC1C(=O)c2ccccc2N(C(C)=O)C1c1cccc(Br)c1. The van der Waals surface area contributed by atoms with Crippen molar-refractivity contribution in [3.8, 4) is 0 Å². The normalized spacial score (nSPS) is 19.8.